The Hall–Kier alpha value is 0.01000. The van der Waals surface area contributed by atoms with Crippen LogP contribution in [-0.2, 0) is 4.79 Å². The average molecular weight is 267 g/mol. The van der Waals surface area contributed by atoms with E-state index in [0.717, 1.165) is 19.6 Å². The largest absolute Gasteiger partial charge is 0.354 e. The van der Waals surface area contributed by atoms with Crippen molar-refractivity contribution >= 4 is 29.1 Å². The molecule has 1 fully saturated rings. The zero-order valence-corrected chi connectivity index (χ0v) is 11.7. The minimum atomic E-state index is -0.869. The topological polar surface area (TPSA) is 32.3 Å². The van der Waals surface area contributed by atoms with Crippen molar-refractivity contribution in [2.45, 2.75) is 31.5 Å². The number of hydrogen-bond donors (Lipinski definition) is 1. The maximum atomic E-state index is 11.8. The van der Waals surface area contributed by atoms with Gasteiger partial charge in [-0.3, -0.25) is 4.79 Å². The third-order valence-corrected chi connectivity index (χ3v) is 4.47. The molecular formula is C11H20Cl2N2O. The lowest BCUT2D eigenvalue weighted by molar-refractivity contribution is -0.125. The molecule has 1 N–H and O–H groups in total. The zero-order chi connectivity index (χ0) is 12.4. The van der Waals surface area contributed by atoms with Gasteiger partial charge in [-0.15, -0.1) is 23.2 Å². The Morgan fingerprint density at radius 3 is 2.25 bits per heavy atom. The molecule has 94 valence electrons. The second-order valence-electron chi connectivity index (χ2n) is 4.50. The third kappa shape index (κ3) is 2.82. The van der Waals surface area contributed by atoms with Crippen molar-refractivity contribution in [1.29, 1.82) is 0 Å². The van der Waals surface area contributed by atoms with Gasteiger partial charge in [-0.1, -0.05) is 13.8 Å². The van der Waals surface area contributed by atoms with E-state index in [1.54, 1.807) is 6.92 Å². The van der Waals surface area contributed by atoms with E-state index in [1.165, 1.54) is 0 Å². The molecule has 3 nitrogen and oxygen atoms in total. The second kappa shape index (κ2) is 5.11. The summed E-state index contributed by atoms with van der Waals surface area (Å²) in [6.07, 6.45) is 0.542. The fourth-order valence-corrected chi connectivity index (χ4v) is 2.41. The smallest absolute Gasteiger partial charge is 0.229 e. The first-order valence-electron chi connectivity index (χ1n) is 5.76. The van der Waals surface area contributed by atoms with Crippen LogP contribution in [0.3, 0.4) is 0 Å². The van der Waals surface area contributed by atoms with Gasteiger partial charge >= 0.3 is 0 Å². The summed E-state index contributed by atoms with van der Waals surface area (Å²) in [6, 6.07) is 0. The second-order valence-corrected chi connectivity index (χ2v) is 5.98. The standard InChI is InChI=1S/C11H20Cl2N2O/c1-4-15(5-2)7-6-14-9(16)10(3)8-11(10,12)13/h4-8H2,1-3H3,(H,14,16). The maximum Gasteiger partial charge on any atom is 0.229 e. The van der Waals surface area contributed by atoms with Crippen LogP contribution in [-0.4, -0.2) is 41.3 Å². The van der Waals surface area contributed by atoms with Crippen LogP contribution in [0.25, 0.3) is 0 Å². The van der Waals surface area contributed by atoms with E-state index in [1.807, 2.05) is 0 Å². The lowest BCUT2D eigenvalue weighted by atomic mass is 10.1. The summed E-state index contributed by atoms with van der Waals surface area (Å²) in [5.74, 6) is -0.0374. The number of carbonyl (C=O) groups excluding carboxylic acids is 1. The van der Waals surface area contributed by atoms with Gasteiger partial charge in [0, 0.05) is 13.1 Å². The predicted octanol–water partition coefficient (Wildman–Crippen LogP) is 2.03. The molecule has 1 amide bonds. The van der Waals surface area contributed by atoms with Gasteiger partial charge in [0.05, 0.1) is 5.41 Å². The number of amides is 1. The van der Waals surface area contributed by atoms with Gasteiger partial charge in [0.2, 0.25) is 5.91 Å². The minimum Gasteiger partial charge on any atom is -0.354 e. The first-order chi connectivity index (χ1) is 7.37. The molecule has 0 aliphatic heterocycles. The summed E-state index contributed by atoms with van der Waals surface area (Å²) in [6.45, 7) is 9.54. The molecule has 1 aliphatic carbocycles. The molecule has 0 bridgehead atoms. The van der Waals surface area contributed by atoms with Crippen molar-refractivity contribution < 1.29 is 4.79 Å². The maximum absolute atomic E-state index is 11.8. The Balaban J connectivity index is 2.27. The Kier molecular flexibility index (Phi) is 4.49. The van der Waals surface area contributed by atoms with Crippen LogP contribution in [0.4, 0.5) is 0 Å². The molecular weight excluding hydrogens is 247 g/mol. The fourth-order valence-electron chi connectivity index (χ4n) is 1.71. The Morgan fingerprint density at radius 2 is 1.88 bits per heavy atom. The number of rotatable bonds is 6. The van der Waals surface area contributed by atoms with Crippen LogP contribution in [0.2, 0.25) is 0 Å². The van der Waals surface area contributed by atoms with Crippen LogP contribution >= 0.6 is 23.2 Å². The molecule has 1 rings (SSSR count). The minimum absolute atomic E-state index is 0.0374. The van der Waals surface area contributed by atoms with Crippen molar-refractivity contribution in [2.75, 3.05) is 26.2 Å². The number of nitrogens with zero attached hydrogens (tertiary/aromatic N) is 1. The van der Waals surface area contributed by atoms with Gasteiger partial charge in [-0.05, 0) is 26.4 Å². The lowest BCUT2D eigenvalue weighted by Gasteiger charge is -2.19. The highest BCUT2D eigenvalue weighted by molar-refractivity contribution is 6.53. The lowest BCUT2D eigenvalue weighted by Crippen LogP contribution is -2.39. The van der Waals surface area contributed by atoms with E-state index >= 15 is 0 Å². The molecule has 0 radical (unpaired) electrons. The summed E-state index contributed by atoms with van der Waals surface area (Å²) in [5, 5.41) is 2.89. The third-order valence-electron chi connectivity index (χ3n) is 3.37. The summed E-state index contributed by atoms with van der Waals surface area (Å²) >= 11 is 11.9. The predicted molar refractivity (Wildman–Crippen MR) is 68.0 cm³/mol. The molecule has 0 aromatic carbocycles. The van der Waals surface area contributed by atoms with E-state index in [2.05, 4.69) is 24.1 Å². The molecule has 0 aromatic heterocycles. The van der Waals surface area contributed by atoms with Crippen molar-refractivity contribution in [2.24, 2.45) is 5.41 Å². The van der Waals surface area contributed by atoms with Gasteiger partial charge in [0.1, 0.15) is 4.33 Å². The van der Waals surface area contributed by atoms with Gasteiger partial charge in [0.25, 0.3) is 0 Å². The van der Waals surface area contributed by atoms with E-state index < -0.39 is 9.75 Å². The molecule has 16 heavy (non-hydrogen) atoms. The van der Waals surface area contributed by atoms with Gasteiger partial charge in [-0.2, -0.15) is 0 Å². The highest BCUT2D eigenvalue weighted by Crippen LogP contribution is 2.63. The Labute approximate surface area is 107 Å². The van der Waals surface area contributed by atoms with Crippen LogP contribution in [0.15, 0.2) is 0 Å². The molecule has 5 heteroatoms. The SMILES string of the molecule is CCN(CC)CCNC(=O)C1(C)CC1(Cl)Cl. The normalized spacial score (nSPS) is 26.9. The Bertz CT molecular complexity index is 267. The van der Waals surface area contributed by atoms with E-state index in [-0.39, 0.29) is 5.91 Å². The van der Waals surface area contributed by atoms with Gasteiger partial charge in [-0.25, -0.2) is 0 Å². The summed E-state index contributed by atoms with van der Waals surface area (Å²) in [4.78, 5) is 14.1. The molecule has 0 heterocycles. The van der Waals surface area contributed by atoms with Crippen LogP contribution < -0.4 is 5.32 Å². The first kappa shape index (κ1) is 14.1. The van der Waals surface area contributed by atoms with Crippen LogP contribution in [0, 0.1) is 5.41 Å². The van der Waals surface area contributed by atoms with Crippen LogP contribution in [0.1, 0.15) is 27.2 Å². The highest BCUT2D eigenvalue weighted by Gasteiger charge is 2.67. The van der Waals surface area contributed by atoms with Gasteiger partial charge < -0.3 is 10.2 Å². The molecule has 0 saturated heterocycles. The molecule has 1 aliphatic rings. The van der Waals surface area contributed by atoms with Crippen LogP contribution in [0.5, 0.6) is 0 Å². The zero-order valence-electron chi connectivity index (χ0n) is 10.1. The Morgan fingerprint density at radius 1 is 1.38 bits per heavy atom. The summed E-state index contributed by atoms with van der Waals surface area (Å²) in [7, 11) is 0. The first-order valence-corrected chi connectivity index (χ1v) is 6.51. The average Bonchev–Trinajstić information content (AvgIpc) is 2.74. The number of alkyl halides is 2. The molecule has 1 atom stereocenters. The molecule has 1 saturated carbocycles. The van der Waals surface area contributed by atoms with E-state index in [0.29, 0.717) is 13.0 Å². The van der Waals surface area contributed by atoms with Crippen molar-refractivity contribution in [1.82, 2.24) is 10.2 Å². The number of likely N-dealkylation sites (N-methyl/N-ethyl adjacent to an activating group) is 1. The highest BCUT2D eigenvalue weighted by atomic mass is 35.5. The number of hydrogen-bond acceptors (Lipinski definition) is 2. The molecule has 0 spiro atoms. The van der Waals surface area contributed by atoms with Crippen molar-refractivity contribution in [3.05, 3.63) is 0 Å². The molecule has 0 aromatic rings. The molecule has 1 unspecified atom stereocenters. The number of halogens is 2. The fraction of sp³-hybridized carbons (Fsp3) is 0.909. The van der Waals surface area contributed by atoms with E-state index in [9.17, 15) is 4.79 Å². The van der Waals surface area contributed by atoms with Gasteiger partial charge in [0.15, 0.2) is 0 Å². The van der Waals surface area contributed by atoms with Crippen molar-refractivity contribution in [3.63, 3.8) is 0 Å². The van der Waals surface area contributed by atoms with E-state index in [4.69, 9.17) is 23.2 Å². The number of nitrogens with one attached hydrogen (secondary N) is 1. The van der Waals surface area contributed by atoms with Crippen molar-refractivity contribution in [3.8, 4) is 0 Å². The number of carbonyl (C=O) groups is 1. The summed E-state index contributed by atoms with van der Waals surface area (Å²) < 4.78 is -0.869. The quantitative estimate of drug-likeness (QED) is 0.747. The summed E-state index contributed by atoms with van der Waals surface area (Å²) in [5.41, 5.74) is -0.598. The monoisotopic (exact) mass is 266 g/mol.